The van der Waals surface area contributed by atoms with Crippen LogP contribution in [-0.4, -0.2) is 84.2 Å². The van der Waals surface area contributed by atoms with Crippen molar-refractivity contribution >= 4 is 40.2 Å². The van der Waals surface area contributed by atoms with Crippen molar-refractivity contribution in [2.75, 3.05) is 63.1 Å². The van der Waals surface area contributed by atoms with Crippen molar-refractivity contribution in [3.05, 3.63) is 46.4 Å². The first kappa shape index (κ1) is 45.9. The minimum absolute atomic E-state index is 0.0283. The molecule has 10 rings (SSSR count). The zero-order valence-corrected chi connectivity index (χ0v) is 39.7. The van der Waals surface area contributed by atoms with Gasteiger partial charge >= 0.3 is 0 Å². The third-order valence-electron chi connectivity index (χ3n) is 16.5. The van der Waals surface area contributed by atoms with Gasteiger partial charge in [-0.05, 0) is 144 Å². The Kier molecular flexibility index (Phi) is 15.0. The predicted molar refractivity (Wildman–Crippen MR) is 260 cm³/mol. The Balaban J connectivity index is 0.642. The van der Waals surface area contributed by atoms with Crippen LogP contribution in [0, 0.1) is 41.9 Å². The molecule has 1 unspecified atom stereocenters. The maximum Gasteiger partial charge on any atom is 0.252 e. The second-order valence-electron chi connectivity index (χ2n) is 21.6. The van der Waals surface area contributed by atoms with E-state index in [1.165, 1.54) is 103 Å². The summed E-state index contributed by atoms with van der Waals surface area (Å²) in [6.45, 7) is 8.77. The lowest BCUT2D eigenvalue weighted by atomic mass is 9.49. The summed E-state index contributed by atoms with van der Waals surface area (Å²) in [7, 11) is 1.70. The fourth-order valence-electron chi connectivity index (χ4n) is 13.2. The van der Waals surface area contributed by atoms with Gasteiger partial charge in [0.25, 0.3) is 5.56 Å². The van der Waals surface area contributed by atoms with E-state index in [0.29, 0.717) is 35.4 Å². The third kappa shape index (κ3) is 11.7. The van der Waals surface area contributed by atoms with Crippen LogP contribution in [0.5, 0.6) is 5.75 Å². The number of pyridine rings is 1. The standard InChI is InChI=1S/C53H78N8O4/c1-37-25-49(63)61(44-16-13-38(29-44)35-55-51(64)42-14-15-42)50-45(37)36-56-52(58-50)57-46-18-17-43(30-47(46)65-2)60-23-21-59(22-24-60)20-12-10-8-6-4-3-5-7-9-11-19-54-48(62)34-53-31-39-26-40(32-53)28-41(27-39)33-53/h17-18,25,30,36,38-42,44H,3-16,19-24,26-29,31-35H2,1-2H3,(H,54,62)(H,55,64)(H,56,57,58)/t38?,39?,40?,41?,44-,53?/m0/s1. The van der Waals surface area contributed by atoms with Gasteiger partial charge in [-0.1, -0.05) is 51.4 Å². The number of carbonyl (C=O) groups is 2. The number of aryl methyl sites for hydroxylation is 1. The Labute approximate surface area is 387 Å². The average Bonchev–Trinajstić information content (AvgIpc) is 4.05. The summed E-state index contributed by atoms with van der Waals surface area (Å²) in [5.41, 5.74) is 3.75. The number of piperazine rings is 1. The van der Waals surface area contributed by atoms with Crippen molar-refractivity contribution in [1.82, 2.24) is 30.1 Å². The quantitative estimate of drug-likeness (QED) is 0.0797. The number of hydrogen-bond donors (Lipinski definition) is 3. The molecule has 0 radical (unpaired) electrons. The van der Waals surface area contributed by atoms with Gasteiger partial charge in [0.15, 0.2) is 0 Å². The van der Waals surface area contributed by atoms with Gasteiger partial charge in [0.1, 0.15) is 11.4 Å². The van der Waals surface area contributed by atoms with Gasteiger partial charge in [-0.3, -0.25) is 23.9 Å². The lowest BCUT2D eigenvalue weighted by molar-refractivity contribution is -0.129. The minimum Gasteiger partial charge on any atom is -0.494 e. The molecule has 2 aromatic heterocycles. The number of fused-ring (bicyclic) bond motifs is 1. The van der Waals surface area contributed by atoms with E-state index in [1.807, 2.05) is 23.8 Å². The van der Waals surface area contributed by atoms with E-state index in [2.05, 4.69) is 42.9 Å². The smallest absolute Gasteiger partial charge is 0.252 e. The highest BCUT2D eigenvalue weighted by Crippen LogP contribution is 2.61. The molecule has 1 saturated heterocycles. The fraction of sp³-hybridized carbons (Fsp3) is 0.717. The summed E-state index contributed by atoms with van der Waals surface area (Å²) in [6, 6.07) is 8.01. The van der Waals surface area contributed by atoms with Crippen LogP contribution in [0.1, 0.15) is 153 Å². The maximum absolute atomic E-state index is 13.5. The third-order valence-corrected chi connectivity index (χ3v) is 16.5. The van der Waals surface area contributed by atoms with Crippen molar-refractivity contribution < 1.29 is 14.3 Å². The van der Waals surface area contributed by atoms with Crippen molar-refractivity contribution in [3.8, 4) is 5.75 Å². The molecular weight excluding hydrogens is 813 g/mol. The molecule has 3 heterocycles. The zero-order valence-electron chi connectivity index (χ0n) is 39.7. The van der Waals surface area contributed by atoms with E-state index in [0.717, 1.165) is 123 Å². The zero-order chi connectivity index (χ0) is 44.8. The first-order valence-electron chi connectivity index (χ1n) is 26.1. The molecule has 12 heteroatoms. The van der Waals surface area contributed by atoms with Crippen LogP contribution in [0.4, 0.5) is 17.3 Å². The number of hydrogen-bond acceptors (Lipinski definition) is 9. The number of ether oxygens (including phenoxy) is 1. The highest BCUT2D eigenvalue weighted by Gasteiger charge is 2.51. The van der Waals surface area contributed by atoms with Gasteiger partial charge in [-0.25, -0.2) is 4.98 Å². The van der Waals surface area contributed by atoms with Crippen LogP contribution in [0.2, 0.25) is 0 Å². The number of methoxy groups -OCH3 is 1. The number of rotatable bonds is 23. The molecule has 3 aromatic rings. The fourth-order valence-corrected chi connectivity index (χ4v) is 13.2. The van der Waals surface area contributed by atoms with Crippen molar-refractivity contribution in [2.24, 2.45) is 35.0 Å². The Morgan fingerprint density at radius 2 is 1.48 bits per heavy atom. The summed E-state index contributed by atoms with van der Waals surface area (Å²) >= 11 is 0. The molecule has 1 aromatic carbocycles. The molecule has 12 nitrogen and oxygen atoms in total. The second-order valence-corrected chi connectivity index (χ2v) is 21.6. The lowest BCUT2D eigenvalue weighted by Crippen LogP contribution is -2.48. The summed E-state index contributed by atoms with van der Waals surface area (Å²) in [5.74, 6) is 4.97. The van der Waals surface area contributed by atoms with Crippen LogP contribution in [0.3, 0.4) is 0 Å². The molecular formula is C53H78N8O4. The van der Waals surface area contributed by atoms with E-state index in [-0.39, 0.29) is 23.4 Å². The number of nitrogens with zero attached hydrogens (tertiary/aromatic N) is 5. The van der Waals surface area contributed by atoms with Crippen LogP contribution < -0.4 is 31.1 Å². The normalized spacial score (nSPS) is 26.2. The number of unbranched alkanes of at least 4 members (excludes halogenated alkanes) is 9. The molecule has 6 aliphatic carbocycles. The van der Waals surface area contributed by atoms with E-state index < -0.39 is 0 Å². The molecule has 6 saturated carbocycles. The SMILES string of the molecule is COc1cc(N2CCN(CCCCCCCCCCCCNC(=O)CC34CC5CC(CC(C5)C3)C4)CC2)ccc1Nc1ncc2c(C)cc(=O)n([C@H]3CCC(CNC(=O)C4CC4)C3)c2n1. The summed E-state index contributed by atoms with van der Waals surface area (Å²) < 4.78 is 7.74. The number of carbonyl (C=O) groups excluding carboxylic acids is 2. The molecule has 65 heavy (non-hydrogen) atoms. The Bertz CT molecular complexity index is 2130. The summed E-state index contributed by atoms with van der Waals surface area (Å²) in [5, 5.41) is 10.7. The number of amides is 2. The van der Waals surface area contributed by atoms with Crippen LogP contribution in [0.25, 0.3) is 11.0 Å². The summed E-state index contributed by atoms with van der Waals surface area (Å²) in [6.07, 6.45) is 28.6. The molecule has 1 aliphatic heterocycles. The topological polar surface area (TPSA) is 134 Å². The van der Waals surface area contributed by atoms with Crippen molar-refractivity contribution in [2.45, 2.75) is 154 Å². The molecule has 2 amide bonds. The molecule has 3 N–H and O–H groups in total. The van der Waals surface area contributed by atoms with Gasteiger partial charge in [0.05, 0.1) is 12.8 Å². The first-order valence-corrected chi connectivity index (χ1v) is 26.1. The molecule has 7 fully saturated rings. The molecule has 354 valence electrons. The first-order chi connectivity index (χ1) is 31.7. The van der Waals surface area contributed by atoms with Crippen molar-refractivity contribution in [1.29, 1.82) is 0 Å². The Hall–Kier alpha value is -4.19. The van der Waals surface area contributed by atoms with Gasteiger partial charge in [-0.15, -0.1) is 0 Å². The monoisotopic (exact) mass is 891 g/mol. The van der Waals surface area contributed by atoms with Gasteiger partial charge < -0.3 is 25.6 Å². The van der Waals surface area contributed by atoms with E-state index in [1.54, 1.807) is 13.2 Å². The highest BCUT2D eigenvalue weighted by molar-refractivity contribution is 5.81. The number of anilines is 3. The second kappa shape index (κ2) is 21.2. The molecule has 7 aliphatic rings. The van der Waals surface area contributed by atoms with Crippen molar-refractivity contribution in [3.63, 3.8) is 0 Å². The Morgan fingerprint density at radius 3 is 2.15 bits per heavy atom. The van der Waals surface area contributed by atoms with Gasteiger partial charge in [0.2, 0.25) is 17.8 Å². The van der Waals surface area contributed by atoms with Gasteiger partial charge in [-0.2, -0.15) is 4.98 Å². The van der Waals surface area contributed by atoms with Crippen LogP contribution >= 0.6 is 0 Å². The highest BCUT2D eigenvalue weighted by atomic mass is 16.5. The lowest BCUT2D eigenvalue weighted by Gasteiger charge is -2.56. The predicted octanol–water partition coefficient (Wildman–Crippen LogP) is 9.47. The number of benzene rings is 1. The van der Waals surface area contributed by atoms with E-state index in [9.17, 15) is 14.4 Å². The molecule has 2 atom stereocenters. The van der Waals surface area contributed by atoms with Crippen LogP contribution in [-0.2, 0) is 9.59 Å². The number of nitrogens with one attached hydrogen (secondary N) is 3. The van der Waals surface area contributed by atoms with E-state index >= 15 is 0 Å². The maximum atomic E-state index is 13.5. The summed E-state index contributed by atoms with van der Waals surface area (Å²) in [4.78, 5) is 53.2. The molecule has 0 spiro atoms. The van der Waals surface area contributed by atoms with E-state index in [4.69, 9.17) is 9.72 Å². The molecule has 4 bridgehead atoms. The largest absolute Gasteiger partial charge is 0.494 e. The van der Waals surface area contributed by atoms with Gasteiger partial charge in [0, 0.05) is 87.1 Å². The average molecular weight is 891 g/mol. The van der Waals surface area contributed by atoms with Crippen LogP contribution in [0.15, 0.2) is 35.3 Å². The number of aromatic nitrogens is 3. The minimum atomic E-state index is -0.0432. The Morgan fingerprint density at radius 1 is 0.800 bits per heavy atom.